The van der Waals surface area contributed by atoms with Crippen LogP contribution in [0.3, 0.4) is 0 Å². The van der Waals surface area contributed by atoms with E-state index in [1.807, 2.05) is 13.0 Å². The third-order valence-corrected chi connectivity index (χ3v) is 4.66. The molecule has 1 aliphatic rings. The largest absolute Gasteiger partial charge is 0.338 e. The van der Waals surface area contributed by atoms with Crippen LogP contribution in [0.5, 0.6) is 0 Å². The van der Waals surface area contributed by atoms with E-state index in [1.165, 1.54) is 24.3 Å². The molecule has 1 N–H and O–H groups in total. The smallest absolute Gasteiger partial charge is 0.269 e. The Kier molecular flexibility index (Phi) is 5.44. The number of aromatic nitrogens is 1. The van der Waals surface area contributed by atoms with Crippen LogP contribution >= 0.6 is 0 Å². The minimum absolute atomic E-state index is 0.0619. The average Bonchev–Trinajstić information content (AvgIpc) is 2.69. The lowest BCUT2D eigenvalue weighted by Gasteiger charge is -2.32. The predicted molar refractivity (Wildman–Crippen MR) is 99.3 cm³/mol. The van der Waals surface area contributed by atoms with Crippen LogP contribution in [0, 0.1) is 23.0 Å². The molecule has 2 amide bonds. The van der Waals surface area contributed by atoms with E-state index in [1.54, 1.807) is 17.2 Å². The molecule has 2 aromatic rings. The number of hydrogen-bond donors (Lipinski definition) is 1. The lowest BCUT2D eigenvalue weighted by atomic mass is 9.96. The standard InChI is InChI=1S/C19H20N4O4/c1-13-4-2-10-20-17(13)21-18(24)15-5-3-11-22(12-15)19(25)14-6-8-16(9-7-14)23(26)27/h2,4,6-10,15H,3,5,11-12H2,1H3,(H,20,21,24). The fourth-order valence-electron chi connectivity index (χ4n) is 3.12. The first-order valence-corrected chi connectivity index (χ1v) is 8.72. The van der Waals surface area contributed by atoms with Gasteiger partial charge in [-0.25, -0.2) is 4.98 Å². The molecule has 0 spiro atoms. The van der Waals surface area contributed by atoms with Crippen molar-refractivity contribution >= 4 is 23.3 Å². The van der Waals surface area contributed by atoms with Gasteiger partial charge in [0.1, 0.15) is 5.82 Å². The van der Waals surface area contributed by atoms with Crippen LogP contribution < -0.4 is 5.32 Å². The number of carbonyl (C=O) groups excluding carboxylic acids is 2. The van der Waals surface area contributed by atoms with E-state index in [0.29, 0.717) is 30.9 Å². The average molecular weight is 368 g/mol. The number of anilines is 1. The number of nitro groups is 1. The summed E-state index contributed by atoms with van der Waals surface area (Å²) in [6, 6.07) is 9.18. The molecule has 1 aromatic heterocycles. The van der Waals surface area contributed by atoms with Crippen LogP contribution in [0.4, 0.5) is 11.5 Å². The topological polar surface area (TPSA) is 105 Å². The van der Waals surface area contributed by atoms with Gasteiger partial charge in [-0.05, 0) is 43.5 Å². The molecule has 8 heteroatoms. The predicted octanol–water partition coefficient (Wildman–Crippen LogP) is 2.79. The number of hydrogen-bond acceptors (Lipinski definition) is 5. The van der Waals surface area contributed by atoms with Crippen molar-refractivity contribution in [3.8, 4) is 0 Å². The third kappa shape index (κ3) is 4.28. The molecule has 1 saturated heterocycles. The second kappa shape index (κ2) is 7.94. The molecule has 8 nitrogen and oxygen atoms in total. The van der Waals surface area contributed by atoms with Crippen molar-refractivity contribution < 1.29 is 14.5 Å². The quantitative estimate of drug-likeness (QED) is 0.660. The number of likely N-dealkylation sites (tertiary alicyclic amines) is 1. The van der Waals surface area contributed by atoms with E-state index in [-0.39, 0.29) is 23.4 Å². The van der Waals surface area contributed by atoms with Gasteiger partial charge in [0.15, 0.2) is 0 Å². The highest BCUT2D eigenvalue weighted by Gasteiger charge is 2.29. The van der Waals surface area contributed by atoms with Crippen molar-refractivity contribution in [2.75, 3.05) is 18.4 Å². The number of aryl methyl sites for hydroxylation is 1. The monoisotopic (exact) mass is 368 g/mol. The van der Waals surface area contributed by atoms with Crippen molar-refractivity contribution in [3.05, 3.63) is 63.8 Å². The van der Waals surface area contributed by atoms with Crippen LogP contribution in [-0.4, -0.2) is 39.7 Å². The minimum atomic E-state index is -0.505. The summed E-state index contributed by atoms with van der Waals surface area (Å²) in [5.41, 5.74) is 1.19. The van der Waals surface area contributed by atoms with Gasteiger partial charge < -0.3 is 10.2 Å². The fraction of sp³-hybridized carbons (Fsp3) is 0.316. The lowest BCUT2D eigenvalue weighted by Crippen LogP contribution is -2.43. The molecule has 2 heterocycles. The van der Waals surface area contributed by atoms with E-state index in [9.17, 15) is 19.7 Å². The van der Waals surface area contributed by atoms with Gasteiger partial charge in [-0.3, -0.25) is 19.7 Å². The molecule has 1 atom stereocenters. The highest BCUT2D eigenvalue weighted by molar-refractivity contribution is 5.96. The first kappa shape index (κ1) is 18.5. The Hall–Kier alpha value is -3.29. The number of amides is 2. The fourth-order valence-corrected chi connectivity index (χ4v) is 3.12. The summed E-state index contributed by atoms with van der Waals surface area (Å²) in [4.78, 5) is 41.3. The third-order valence-electron chi connectivity index (χ3n) is 4.66. The Labute approximate surface area is 156 Å². The second-order valence-electron chi connectivity index (χ2n) is 6.55. The van der Waals surface area contributed by atoms with Crippen molar-refractivity contribution in [2.45, 2.75) is 19.8 Å². The Morgan fingerprint density at radius 1 is 1.26 bits per heavy atom. The van der Waals surface area contributed by atoms with Crippen LogP contribution in [0.1, 0.15) is 28.8 Å². The number of pyridine rings is 1. The molecule has 140 valence electrons. The number of nitrogens with zero attached hydrogens (tertiary/aromatic N) is 3. The SMILES string of the molecule is Cc1cccnc1NC(=O)C1CCCN(C(=O)c2ccc([N+](=O)[O-])cc2)C1. The molecule has 1 aromatic carbocycles. The summed E-state index contributed by atoms with van der Waals surface area (Å²) < 4.78 is 0. The lowest BCUT2D eigenvalue weighted by molar-refractivity contribution is -0.384. The zero-order valence-electron chi connectivity index (χ0n) is 14.9. The number of non-ortho nitro benzene ring substituents is 1. The summed E-state index contributed by atoms with van der Waals surface area (Å²) in [7, 11) is 0. The van der Waals surface area contributed by atoms with Crippen LogP contribution in [0.2, 0.25) is 0 Å². The zero-order chi connectivity index (χ0) is 19.4. The molecule has 1 unspecified atom stereocenters. The molecule has 0 radical (unpaired) electrons. The van der Waals surface area contributed by atoms with Crippen LogP contribution in [0.25, 0.3) is 0 Å². The molecule has 0 saturated carbocycles. The number of rotatable bonds is 4. The van der Waals surface area contributed by atoms with Crippen LogP contribution in [0.15, 0.2) is 42.6 Å². The first-order chi connectivity index (χ1) is 13.0. The molecular formula is C19H20N4O4. The highest BCUT2D eigenvalue weighted by Crippen LogP contribution is 2.22. The number of benzene rings is 1. The summed E-state index contributed by atoms with van der Waals surface area (Å²) >= 11 is 0. The maximum atomic E-state index is 12.7. The van der Waals surface area contributed by atoms with Gasteiger partial charge in [0, 0.05) is 37.0 Å². The van der Waals surface area contributed by atoms with Crippen molar-refractivity contribution in [2.24, 2.45) is 5.92 Å². The van der Waals surface area contributed by atoms with E-state index < -0.39 is 4.92 Å². The van der Waals surface area contributed by atoms with Gasteiger partial charge in [-0.2, -0.15) is 0 Å². The zero-order valence-corrected chi connectivity index (χ0v) is 14.9. The molecule has 0 aliphatic carbocycles. The minimum Gasteiger partial charge on any atom is -0.338 e. The first-order valence-electron chi connectivity index (χ1n) is 8.72. The number of piperidine rings is 1. The summed E-state index contributed by atoms with van der Waals surface area (Å²) in [6.07, 6.45) is 3.04. The summed E-state index contributed by atoms with van der Waals surface area (Å²) in [6.45, 7) is 2.74. The Balaban J connectivity index is 1.66. The molecule has 3 rings (SSSR count). The summed E-state index contributed by atoms with van der Waals surface area (Å²) in [5.74, 6) is -0.169. The Morgan fingerprint density at radius 3 is 2.67 bits per heavy atom. The molecule has 1 fully saturated rings. The highest BCUT2D eigenvalue weighted by atomic mass is 16.6. The molecule has 27 heavy (non-hydrogen) atoms. The van der Waals surface area contributed by atoms with Gasteiger partial charge in [0.2, 0.25) is 5.91 Å². The van der Waals surface area contributed by atoms with Gasteiger partial charge >= 0.3 is 0 Å². The normalized spacial score (nSPS) is 16.6. The van der Waals surface area contributed by atoms with Gasteiger partial charge in [0.25, 0.3) is 11.6 Å². The van der Waals surface area contributed by atoms with E-state index in [0.717, 1.165) is 12.0 Å². The van der Waals surface area contributed by atoms with Crippen molar-refractivity contribution in [1.29, 1.82) is 0 Å². The van der Waals surface area contributed by atoms with Gasteiger partial charge in [-0.15, -0.1) is 0 Å². The Morgan fingerprint density at radius 2 is 2.00 bits per heavy atom. The number of nitrogens with one attached hydrogen (secondary N) is 1. The van der Waals surface area contributed by atoms with Crippen LogP contribution in [-0.2, 0) is 4.79 Å². The molecular weight excluding hydrogens is 348 g/mol. The molecule has 1 aliphatic heterocycles. The van der Waals surface area contributed by atoms with Gasteiger partial charge in [0.05, 0.1) is 10.8 Å². The maximum Gasteiger partial charge on any atom is 0.269 e. The number of nitro benzene ring substituents is 1. The molecule has 0 bridgehead atoms. The summed E-state index contributed by atoms with van der Waals surface area (Å²) in [5, 5.41) is 13.6. The van der Waals surface area contributed by atoms with E-state index in [2.05, 4.69) is 10.3 Å². The maximum absolute atomic E-state index is 12.7. The van der Waals surface area contributed by atoms with E-state index >= 15 is 0 Å². The van der Waals surface area contributed by atoms with E-state index in [4.69, 9.17) is 0 Å². The second-order valence-corrected chi connectivity index (χ2v) is 6.55. The van der Waals surface area contributed by atoms with Gasteiger partial charge in [-0.1, -0.05) is 6.07 Å². The van der Waals surface area contributed by atoms with Crippen molar-refractivity contribution in [1.82, 2.24) is 9.88 Å². The number of carbonyl (C=O) groups is 2. The Bertz CT molecular complexity index is 866. The van der Waals surface area contributed by atoms with Crippen molar-refractivity contribution in [3.63, 3.8) is 0 Å².